The lowest BCUT2D eigenvalue weighted by Crippen LogP contribution is -2.01. The number of fused-ring (bicyclic) bond motifs is 1. The van der Waals surface area contributed by atoms with Crippen molar-refractivity contribution >= 4 is 54.6 Å². The van der Waals surface area contributed by atoms with Crippen molar-refractivity contribution < 1.29 is 9.47 Å². The van der Waals surface area contributed by atoms with E-state index in [-0.39, 0.29) is 0 Å². The van der Waals surface area contributed by atoms with E-state index in [0.29, 0.717) is 18.1 Å². The highest BCUT2D eigenvalue weighted by Gasteiger charge is 2.21. The van der Waals surface area contributed by atoms with Gasteiger partial charge >= 0.3 is 0 Å². The Morgan fingerprint density at radius 2 is 1.50 bits per heavy atom. The minimum atomic E-state index is 0.665. The summed E-state index contributed by atoms with van der Waals surface area (Å²) in [6.07, 6.45) is 7.42. The van der Waals surface area contributed by atoms with Gasteiger partial charge in [-0.1, -0.05) is 39.0 Å². The average molecular weight is 452 g/mol. The largest absolute Gasteiger partial charge is 0.492 e. The van der Waals surface area contributed by atoms with E-state index < -0.39 is 0 Å². The summed E-state index contributed by atoms with van der Waals surface area (Å²) >= 11 is 8.28. The lowest BCUT2D eigenvalue weighted by atomic mass is 10.1. The third kappa shape index (κ3) is 4.11. The summed E-state index contributed by atoms with van der Waals surface area (Å²) in [6.45, 7) is 2.91. The molecular formula is C15H20Br2N2O2S. The predicted octanol–water partition coefficient (Wildman–Crippen LogP) is 5.96. The van der Waals surface area contributed by atoms with Crippen LogP contribution >= 0.6 is 43.6 Å². The average Bonchev–Trinajstić information content (AvgIpc) is 3.01. The second kappa shape index (κ2) is 9.03. The topological polar surface area (TPSA) is 44.2 Å². The maximum atomic E-state index is 5.96. The second-order valence-electron chi connectivity index (χ2n) is 5.07. The van der Waals surface area contributed by atoms with Gasteiger partial charge < -0.3 is 9.47 Å². The summed E-state index contributed by atoms with van der Waals surface area (Å²) in [6, 6.07) is 0. The van der Waals surface area contributed by atoms with Crippen LogP contribution < -0.4 is 9.47 Å². The van der Waals surface area contributed by atoms with Crippen molar-refractivity contribution in [1.29, 1.82) is 0 Å². The van der Waals surface area contributed by atoms with Crippen LogP contribution in [0.4, 0.5) is 0 Å². The van der Waals surface area contributed by atoms with Gasteiger partial charge in [-0.3, -0.25) is 0 Å². The number of halogens is 2. The zero-order valence-corrected chi connectivity index (χ0v) is 16.8. The third-order valence-corrected chi connectivity index (χ3v) is 5.46. The van der Waals surface area contributed by atoms with E-state index in [1.807, 2.05) is 0 Å². The molecule has 1 heterocycles. The molecular weight excluding hydrogens is 432 g/mol. The zero-order chi connectivity index (χ0) is 15.9. The second-order valence-corrected chi connectivity index (χ2v) is 7.18. The molecule has 0 fully saturated rings. The van der Waals surface area contributed by atoms with E-state index in [4.69, 9.17) is 9.47 Å². The number of aromatic nitrogens is 2. The van der Waals surface area contributed by atoms with Crippen LogP contribution in [0.25, 0.3) is 11.0 Å². The van der Waals surface area contributed by atoms with Crippen molar-refractivity contribution in [2.24, 2.45) is 0 Å². The van der Waals surface area contributed by atoms with Gasteiger partial charge in [0.1, 0.15) is 11.0 Å². The molecule has 0 radical (unpaired) electrons. The van der Waals surface area contributed by atoms with Crippen LogP contribution in [0, 0.1) is 0 Å². The van der Waals surface area contributed by atoms with Gasteiger partial charge in [-0.05, 0) is 38.3 Å². The molecule has 7 heteroatoms. The number of nitrogens with zero attached hydrogens (tertiary/aromatic N) is 2. The van der Waals surface area contributed by atoms with Crippen molar-refractivity contribution in [3.05, 3.63) is 8.95 Å². The number of benzene rings is 1. The lowest BCUT2D eigenvalue weighted by Gasteiger charge is -2.14. The van der Waals surface area contributed by atoms with Crippen LogP contribution in [0.3, 0.4) is 0 Å². The number of rotatable bonds is 9. The van der Waals surface area contributed by atoms with Gasteiger partial charge in [0.2, 0.25) is 0 Å². The van der Waals surface area contributed by atoms with Crippen molar-refractivity contribution in [3.8, 4) is 11.5 Å². The summed E-state index contributed by atoms with van der Waals surface area (Å²) < 4.78 is 21.6. The Hall–Kier alpha value is -0.400. The van der Waals surface area contributed by atoms with Crippen LogP contribution in [-0.4, -0.2) is 22.5 Å². The highest BCUT2D eigenvalue weighted by Crippen LogP contribution is 2.46. The van der Waals surface area contributed by atoms with E-state index >= 15 is 0 Å². The molecule has 0 saturated heterocycles. The normalized spacial score (nSPS) is 11.1. The molecule has 22 heavy (non-hydrogen) atoms. The maximum absolute atomic E-state index is 5.96. The van der Waals surface area contributed by atoms with Crippen LogP contribution in [0.1, 0.15) is 45.4 Å². The van der Waals surface area contributed by atoms with Crippen LogP contribution in [0.5, 0.6) is 11.5 Å². The van der Waals surface area contributed by atoms with Crippen molar-refractivity contribution in [3.63, 3.8) is 0 Å². The van der Waals surface area contributed by atoms with E-state index in [1.54, 1.807) is 7.11 Å². The first kappa shape index (κ1) is 17.9. The van der Waals surface area contributed by atoms with E-state index in [0.717, 1.165) is 26.4 Å². The molecule has 0 amide bonds. The SMILES string of the molecule is CCCCCCCCOc1c(OC)c(Br)c2nsnc2c1Br. The molecule has 1 aromatic carbocycles. The molecule has 0 N–H and O–H groups in total. The van der Waals surface area contributed by atoms with Crippen LogP contribution in [-0.2, 0) is 0 Å². The molecule has 0 spiro atoms. The van der Waals surface area contributed by atoms with Crippen LogP contribution in [0.2, 0.25) is 0 Å². The fourth-order valence-electron chi connectivity index (χ4n) is 2.26. The maximum Gasteiger partial charge on any atom is 0.178 e. The Morgan fingerprint density at radius 3 is 2.14 bits per heavy atom. The molecule has 0 bridgehead atoms. The first-order valence-corrected chi connectivity index (χ1v) is 9.82. The summed E-state index contributed by atoms with van der Waals surface area (Å²) in [5, 5.41) is 0. The number of hydrogen-bond donors (Lipinski definition) is 0. The van der Waals surface area contributed by atoms with Crippen molar-refractivity contribution in [2.75, 3.05) is 13.7 Å². The Bertz CT molecular complexity index is 619. The standard InChI is InChI=1S/C15H20Br2N2O2S/c1-3-4-5-6-7-8-9-21-15-11(17)13-12(18-22-19-13)10(16)14(15)20-2/h3-9H2,1-2H3. The van der Waals surface area contributed by atoms with Gasteiger partial charge in [0.05, 0.1) is 34.4 Å². The first-order chi connectivity index (χ1) is 10.7. The van der Waals surface area contributed by atoms with Crippen LogP contribution in [0.15, 0.2) is 8.95 Å². The molecule has 122 valence electrons. The molecule has 2 aromatic rings. The van der Waals surface area contributed by atoms with E-state index in [9.17, 15) is 0 Å². The molecule has 0 atom stereocenters. The summed E-state index contributed by atoms with van der Waals surface area (Å²) in [7, 11) is 1.63. The Kier molecular flexibility index (Phi) is 7.37. The monoisotopic (exact) mass is 450 g/mol. The molecule has 0 saturated carbocycles. The predicted molar refractivity (Wildman–Crippen MR) is 98.2 cm³/mol. The fourth-order valence-corrected chi connectivity index (χ4v) is 4.24. The number of hydrogen-bond acceptors (Lipinski definition) is 5. The smallest absolute Gasteiger partial charge is 0.178 e. The molecule has 0 aliphatic heterocycles. The molecule has 0 aliphatic rings. The number of unbranched alkanes of at least 4 members (excludes halogenated alkanes) is 5. The Balaban J connectivity index is 2.02. The van der Waals surface area contributed by atoms with E-state index in [2.05, 4.69) is 47.5 Å². The number of ether oxygens (including phenoxy) is 2. The molecule has 0 unspecified atom stereocenters. The zero-order valence-electron chi connectivity index (χ0n) is 12.8. The lowest BCUT2D eigenvalue weighted by molar-refractivity contribution is 0.283. The van der Waals surface area contributed by atoms with Gasteiger partial charge in [-0.2, -0.15) is 8.75 Å². The fraction of sp³-hybridized carbons (Fsp3) is 0.600. The molecule has 2 rings (SSSR count). The third-order valence-electron chi connectivity index (χ3n) is 3.46. The van der Waals surface area contributed by atoms with Gasteiger partial charge in [0, 0.05) is 0 Å². The van der Waals surface area contributed by atoms with Crippen molar-refractivity contribution in [2.45, 2.75) is 45.4 Å². The summed E-state index contributed by atoms with van der Waals surface area (Å²) in [5.41, 5.74) is 1.59. The summed E-state index contributed by atoms with van der Waals surface area (Å²) in [4.78, 5) is 0. The molecule has 1 aromatic heterocycles. The van der Waals surface area contributed by atoms with Gasteiger partial charge in [-0.15, -0.1) is 0 Å². The van der Waals surface area contributed by atoms with Gasteiger partial charge in [-0.25, -0.2) is 0 Å². The highest BCUT2D eigenvalue weighted by atomic mass is 79.9. The minimum absolute atomic E-state index is 0.665. The quantitative estimate of drug-likeness (QED) is 0.441. The van der Waals surface area contributed by atoms with E-state index in [1.165, 1.54) is 43.8 Å². The highest BCUT2D eigenvalue weighted by molar-refractivity contribution is 9.11. The summed E-state index contributed by atoms with van der Waals surface area (Å²) in [5.74, 6) is 1.36. The van der Waals surface area contributed by atoms with Gasteiger partial charge in [0.15, 0.2) is 11.5 Å². The molecule has 0 aliphatic carbocycles. The molecule has 4 nitrogen and oxygen atoms in total. The Morgan fingerprint density at radius 1 is 0.909 bits per heavy atom. The number of methoxy groups -OCH3 is 1. The Labute approximate surface area is 152 Å². The minimum Gasteiger partial charge on any atom is -0.492 e. The van der Waals surface area contributed by atoms with Crippen molar-refractivity contribution in [1.82, 2.24) is 8.75 Å². The first-order valence-electron chi connectivity index (χ1n) is 7.50. The van der Waals surface area contributed by atoms with Gasteiger partial charge in [0.25, 0.3) is 0 Å².